The number of carbonyl (C=O) groups is 1. The van der Waals surface area contributed by atoms with Gasteiger partial charge in [-0.15, -0.1) is 4.83 Å². The first kappa shape index (κ1) is 17.5. The Morgan fingerprint density at radius 1 is 1.27 bits per heavy atom. The van der Waals surface area contributed by atoms with Crippen LogP contribution < -0.4 is 10.3 Å². The van der Waals surface area contributed by atoms with Gasteiger partial charge >= 0.3 is 0 Å². The Labute approximate surface area is 137 Å². The standard InChI is InChI=1S/C11H12Cl2N2O5S2/c12-8-1-2-9(13)10(5-8)22(19,20)15-14-11(16)7-3-4-21(17,18)6-7/h1-2,5,7,15H,3-4,6H2,(H,14,16)/t7-/m0/s1. The van der Waals surface area contributed by atoms with E-state index in [1.54, 1.807) is 0 Å². The van der Waals surface area contributed by atoms with Crippen molar-refractivity contribution in [3.63, 3.8) is 0 Å². The zero-order chi connectivity index (χ0) is 16.5. The third-order valence-electron chi connectivity index (χ3n) is 3.09. The Hall–Kier alpha value is -0.870. The molecule has 2 N–H and O–H groups in total. The number of rotatable bonds is 4. The third-order valence-corrected chi connectivity index (χ3v) is 6.83. The predicted octanol–water partition coefficient (Wildman–Crippen LogP) is 0.738. The lowest BCUT2D eigenvalue weighted by Gasteiger charge is -2.12. The third kappa shape index (κ3) is 4.11. The van der Waals surface area contributed by atoms with Crippen molar-refractivity contribution >= 4 is 49.0 Å². The summed E-state index contributed by atoms with van der Waals surface area (Å²) in [5, 5.41) is 0.104. The van der Waals surface area contributed by atoms with Crippen LogP contribution in [0.25, 0.3) is 0 Å². The number of sulfonamides is 1. The van der Waals surface area contributed by atoms with Crippen molar-refractivity contribution in [2.45, 2.75) is 11.3 Å². The maximum absolute atomic E-state index is 12.1. The molecule has 1 saturated heterocycles. The summed E-state index contributed by atoms with van der Waals surface area (Å²) in [5.74, 6) is -1.86. The topological polar surface area (TPSA) is 109 Å². The molecule has 1 aliphatic rings. The summed E-state index contributed by atoms with van der Waals surface area (Å²) in [6.07, 6.45) is 0.161. The van der Waals surface area contributed by atoms with Gasteiger partial charge in [-0.2, -0.15) is 0 Å². The van der Waals surface area contributed by atoms with E-state index in [1.807, 2.05) is 10.3 Å². The van der Waals surface area contributed by atoms with Crippen LogP contribution in [0.1, 0.15) is 6.42 Å². The number of sulfone groups is 1. The second-order valence-electron chi connectivity index (χ2n) is 4.77. The van der Waals surface area contributed by atoms with Crippen molar-refractivity contribution in [3.8, 4) is 0 Å². The van der Waals surface area contributed by atoms with Crippen molar-refractivity contribution in [3.05, 3.63) is 28.2 Å². The Morgan fingerprint density at radius 2 is 1.95 bits per heavy atom. The van der Waals surface area contributed by atoms with Crippen LogP contribution in [0, 0.1) is 5.92 Å². The highest BCUT2D eigenvalue weighted by Crippen LogP contribution is 2.24. The molecular weight excluding hydrogens is 375 g/mol. The Morgan fingerprint density at radius 3 is 2.55 bits per heavy atom. The van der Waals surface area contributed by atoms with Gasteiger partial charge in [0.25, 0.3) is 10.0 Å². The Balaban J connectivity index is 2.07. The maximum Gasteiger partial charge on any atom is 0.258 e. The van der Waals surface area contributed by atoms with Gasteiger partial charge in [0.1, 0.15) is 4.90 Å². The van der Waals surface area contributed by atoms with Crippen LogP contribution in [0.3, 0.4) is 0 Å². The lowest BCUT2D eigenvalue weighted by molar-refractivity contribution is -0.124. The molecule has 22 heavy (non-hydrogen) atoms. The van der Waals surface area contributed by atoms with Crippen LogP contribution in [0.4, 0.5) is 0 Å². The fraction of sp³-hybridized carbons (Fsp3) is 0.364. The van der Waals surface area contributed by atoms with Crippen molar-refractivity contribution in [1.82, 2.24) is 10.3 Å². The molecule has 0 bridgehead atoms. The fourth-order valence-electron chi connectivity index (χ4n) is 1.96. The van der Waals surface area contributed by atoms with Crippen molar-refractivity contribution in [2.24, 2.45) is 5.92 Å². The van der Waals surface area contributed by atoms with E-state index in [4.69, 9.17) is 23.2 Å². The highest BCUT2D eigenvalue weighted by atomic mass is 35.5. The SMILES string of the molecule is O=C(NNS(=O)(=O)c1cc(Cl)ccc1Cl)[C@H]1CCS(=O)(=O)C1. The van der Waals surface area contributed by atoms with Gasteiger partial charge < -0.3 is 0 Å². The van der Waals surface area contributed by atoms with Gasteiger partial charge in [-0.1, -0.05) is 23.2 Å². The molecule has 1 amide bonds. The zero-order valence-electron chi connectivity index (χ0n) is 11.0. The fourth-order valence-corrected chi connectivity index (χ4v) is 5.31. The first-order chi connectivity index (χ1) is 10.1. The normalized spacial score (nSPS) is 20.7. The summed E-state index contributed by atoms with van der Waals surface area (Å²) in [6.45, 7) is 0. The van der Waals surface area contributed by atoms with Crippen LogP contribution in [0.2, 0.25) is 10.0 Å². The van der Waals surface area contributed by atoms with Crippen LogP contribution in [-0.4, -0.2) is 34.2 Å². The van der Waals surface area contributed by atoms with Gasteiger partial charge in [-0.3, -0.25) is 10.2 Å². The van der Waals surface area contributed by atoms with E-state index in [2.05, 4.69) is 0 Å². The summed E-state index contributed by atoms with van der Waals surface area (Å²) in [6, 6.07) is 3.87. The number of hydrogen-bond acceptors (Lipinski definition) is 5. The minimum atomic E-state index is -4.11. The van der Waals surface area contributed by atoms with E-state index >= 15 is 0 Å². The molecule has 0 saturated carbocycles. The first-order valence-electron chi connectivity index (χ1n) is 6.08. The molecule has 122 valence electrons. The molecule has 1 atom stereocenters. The van der Waals surface area contributed by atoms with Gasteiger partial charge in [-0.25, -0.2) is 16.8 Å². The Kier molecular flexibility index (Phi) is 5.03. The molecule has 0 aliphatic carbocycles. The molecule has 1 aromatic rings. The van der Waals surface area contributed by atoms with Gasteiger partial charge in [0.2, 0.25) is 5.91 Å². The minimum absolute atomic E-state index is 0.0606. The van der Waals surface area contributed by atoms with Gasteiger partial charge in [0, 0.05) is 5.02 Å². The van der Waals surface area contributed by atoms with E-state index in [-0.39, 0.29) is 32.9 Å². The molecule has 0 aromatic heterocycles. The second-order valence-corrected chi connectivity index (χ2v) is 9.49. The number of hydrazine groups is 1. The number of halogens is 2. The number of amides is 1. The molecule has 7 nitrogen and oxygen atoms in total. The largest absolute Gasteiger partial charge is 0.277 e. The van der Waals surface area contributed by atoms with Crippen LogP contribution >= 0.6 is 23.2 Å². The molecule has 0 unspecified atom stereocenters. The minimum Gasteiger partial charge on any atom is -0.277 e. The van der Waals surface area contributed by atoms with Crippen LogP contribution in [0.5, 0.6) is 0 Å². The monoisotopic (exact) mass is 386 g/mol. The van der Waals surface area contributed by atoms with Crippen LogP contribution in [-0.2, 0) is 24.7 Å². The summed E-state index contributed by atoms with van der Waals surface area (Å²) >= 11 is 11.5. The predicted molar refractivity (Wildman–Crippen MR) is 81.7 cm³/mol. The number of carbonyl (C=O) groups excluding carboxylic acids is 1. The highest BCUT2D eigenvalue weighted by Gasteiger charge is 2.33. The molecule has 0 radical (unpaired) electrons. The number of hydrogen-bond donors (Lipinski definition) is 2. The quantitative estimate of drug-likeness (QED) is 0.741. The average molecular weight is 387 g/mol. The van der Waals surface area contributed by atoms with Crippen molar-refractivity contribution < 1.29 is 21.6 Å². The molecule has 1 aliphatic heterocycles. The maximum atomic E-state index is 12.1. The zero-order valence-corrected chi connectivity index (χ0v) is 14.2. The van der Waals surface area contributed by atoms with E-state index in [0.29, 0.717) is 0 Å². The molecule has 1 fully saturated rings. The summed E-state index contributed by atoms with van der Waals surface area (Å²) in [5.41, 5.74) is 2.00. The smallest absolute Gasteiger partial charge is 0.258 e. The lowest BCUT2D eigenvalue weighted by Crippen LogP contribution is -2.44. The lowest BCUT2D eigenvalue weighted by atomic mass is 10.1. The van der Waals surface area contributed by atoms with Crippen LogP contribution in [0.15, 0.2) is 23.1 Å². The van der Waals surface area contributed by atoms with Crippen molar-refractivity contribution in [2.75, 3.05) is 11.5 Å². The second kappa shape index (κ2) is 6.32. The Bertz CT molecular complexity index is 808. The summed E-state index contributed by atoms with van der Waals surface area (Å²) in [4.78, 5) is 13.4. The molecule has 11 heteroatoms. The van der Waals surface area contributed by atoms with Gasteiger partial charge in [0.05, 0.1) is 22.4 Å². The molecule has 1 heterocycles. The first-order valence-corrected chi connectivity index (χ1v) is 10.1. The molecule has 1 aromatic carbocycles. The number of benzene rings is 1. The molecule has 2 rings (SSSR count). The van der Waals surface area contributed by atoms with E-state index in [1.165, 1.54) is 12.1 Å². The summed E-state index contributed by atoms with van der Waals surface area (Å²) < 4.78 is 46.7. The number of nitrogens with one attached hydrogen (secondary N) is 2. The molecular formula is C11H12Cl2N2O5S2. The highest BCUT2D eigenvalue weighted by molar-refractivity contribution is 7.91. The van der Waals surface area contributed by atoms with E-state index < -0.39 is 31.7 Å². The van der Waals surface area contributed by atoms with E-state index in [0.717, 1.165) is 6.07 Å². The van der Waals surface area contributed by atoms with E-state index in [9.17, 15) is 21.6 Å². The van der Waals surface area contributed by atoms with Crippen molar-refractivity contribution in [1.29, 1.82) is 0 Å². The van der Waals surface area contributed by atoms with Gasteiger partial charge in [0.15, 0.2) is 9.84 Å². The van der Waals surface area contributed by atoms with Gasteiger partial charge in [-0.05, 0) is 24.6 Å². The average Bonchev–Trinajstić information content (AvgIpc) is 2.79. The summed E-state index contributed by atoms with van der Waals surface area (Å²) in [7, 11) is -7.35. The molecule has 0 spiro atoms.